The van der Waals surface area contributed by atoms with E-state index in [0.717, 1.165) is 5.69 Å². The van der Waals surface area contributed by atoms with Gasteiger partial charge in [0.1, 0.15) is 6.54 Å². The number of carboxylic acids is 1. The van der Waals surface area contributed by atoms with Gasteiger partial charge in [-0.1, -0.05) is 24.3 Å². The van der Waals surface area contributed by atoms with Crippen LogP contribution in [-0.4, -0.2) is 41.5 Å². The number of hydrogen-bond acceptors (Lipinski definition) is 3. The Morgan fingerprint density at radius 1 is 1.33 bits per heavy atom. The predicted molar refractivity (Wildman–Crippen MR) is 69.3 cm³/mol. The van der Waals surface area contributed by atoms with Crippen LogP contribution in [0.2, 0.25) is 0 Å². The molecule has 1 rings (SSSR count). The summed E-state index contributed by atoms with van der Waals surface area (Å²) in [5, 5.41) is 11.6. The molecule has 0 atom stereocenters. The number of amides is 1. The van der Waals surface area contributed by atoms with Gasteiger partial charge in [-0.05, 0) is 12.1 Å². The summed E-state index contributed by atoms with van der Waals surface area (Å²) in [5.41, 5.74) is 0.819. The monoisotopic (exact) mass is 248 g/mol. The first kappa shape index (κ1) is 13.8. The van der Waals surface area contributed by atoms with Gasteiger partial charge in [0.25, 0.3) is 0 Å². The topological polar surface area (TPSA) is 69.6 Å². The summed E-state index contributed by atoms with van der Waals surface area (Å²) < 4.78 is 0. The van der Waals surface area contributed by atoms with Crippen molar-refractivity contribution < 1.29 is 14.7 Å². The molecule has 0 unspecified atom stereocenters. The summed E-state index contributed by atoms with van der Waals surface area (Å²) in [5.74, 6) is -1.31. The Labute approximate surface area is 106 Å². The summed E-state index contributed by atoms with van der Waals surface area (Å²) in [4.78, 5) is 23.6. The molecule has 0 aliphatic heterocycles. The van der Waals surface area contributed by atoms with Crippen molar-refractivity contribution in [1.82, 2.24) is 4.90 Å². The van der Waals surface area contributed by atoms with Crippen LogP contribution in [0.15, 0.2) is 43.0 Å². The van der Waals surface area contributed by atoms with E-state index in [4.69, 9.17) is 5.11 Å². The van der Waals surface area contributed by atoms with Crippen LogP contribution in [0.1, 0.15) is 0 Å². The lowest BCUT2D eigenvalue weighted by Gasteiger charge is -2.19. The van der Waals surface area contributed by atoms with Crippen molar-refractivity contribution in [3.05, 3.63) is 43.0 Å². The van der Waals surface area contributed by atoms with Crippen molar-refractivity contribution >= 4 is 17.6 Å². The lowest BCUT2D eigenvalue weighted by molar-refractivity contribution is -0.143. The Hall–Kier alpha value is -2.30. The molecule has 0 aromatic heterocycles. The van der Waals surface area contributed by atoms with Gasteiger partial charge in [0.2, 0.25) is 5.91 Å². The van der Waals surface area contributed by atoms with Crippen LogP contribution in [0.4, 0.5) is 5.69 Å². The summed E-state index contributed by atoms with van der Waals surface area (Å²) in [6.45, 7) is 3.47. The number of nitrogens with one attached hydrogen (secondary N) is 1. The molecular formula is C13H16N2O3. The molecule has 5 nitrogen and oxygen atoms in total. The van der Waals surface area contributed by atoms with Gasteiger partial charge in [-0.25, -0.2) is 0 Å². The van der Waals surface area contributed by atoms with Gasteiger partial charge in [-0.15, -0.1) is 6.58 Å². The van der Waals surface area contributed by atoms with Crippen LogP contribution >= 0.6 is 0 Å². The Morgan fingerprint density at radius 3 is 2.56 bits per heavy atom. The Kier molecular flexibility index (Phi) is 5.44. The summed E-state index contributed by atoms with van der Waals surface area (Å²) in [6.07, 6.45) is 1.50. The zero-order valence-corrected chi connectivity index (χ0v) is 10.0. The number of para-hydroxylation sites is 1. The smallest absolute Gasteiger partial charge is 0.323 e. The first-order chi connectivity index (χ1) is 8.63. The average Bonchev–Trinajstić information content (AvgIpc) is 2.36. The van der Waals surface area contributed by atoms with Crippen molar-refractivity contribution in [2.24, 2.45) is 0 Å². The number of aliphatic carboxylic acids is 1. The molecule has 0 bridgehead atoms. The molecule has 18 heavy (non-hydrogen) atoms. The number of anilines is 1. The minimum Gasteiger partial charge on any atom is -0.480 e. The molecule has 96 valence electrons. The second kappa shape index (κ2) is 7.11. The minimum absolute atomic E-state index is 0.0606. The number of carbonyl (C=O) groups is 2. The SMILES string of the molecule is C=CCN(CC(=O)O)C(=O)CNc1ccccc1. The second-order valence-electron chi connectivity index (χ2n) is 3.68. The molecule has 5 heteroatoms. The molecule has 2 N–H and O–H groups in total. The quantitative estimate of drug-likeness (QED) is 0.711. The molecule has 0 saturated heterocycles. The first-order valence-corrected chi connectivity index (χ1v) is 5.53. The number of carbonyl (C=O) groups excluding carboxylic acids is 1. The van der Waals surface area contributed by atoms with E-state index in [0.29, 0.717) is 0 Å². The average molecular weight is 248 g/mol. The van der Waals surface area contributed by atoms with Crippen LogP contribution in [0.3, 0.4) is 0 Å². The highest BCUT2D eigenvalue weighted by Crippen LogP contribution is 2.04. The highest BCUT2D eigenvalue weighted by molar-refractivity contribution is 5.84. The van der Waals surface area contributed by atoms with E-state index in [2.05, 4.69) is 11.9 Å². The maximum atomic E-state index is 11.8. The van der Waals surface area contributed by atoms with Crippen molar-refractivity contribution in [3.63, 3.8) is 0 Å². The number of nitrogens with zero attached hydrogens (tertiary/aromatic N) is 1. The zero-order valence-electron chi connectivity index (χ0n) is 10.0. The molecule has 0 spiro atoms. The molecule has 0 radical (unpaired) electrons. The molecule has 1 aromatic rings. The highest BCUT2D eigenvalue weighted by atomic mass is 16.4. The van der Waals surface area contributed by atoms with Gasteiger partial charge < -0.3 is 15.3 Å². The number of benzene rings is 1. The molecule has 0 saturated carbocycles. The third-order valence-electron chi connectivity index (χ3n) is 2.25. The van der Waals surface area contributed by atoms with Crippen molar-refractivity contribution in [2.45, 2.75) is 0 Å². The lowest BCUT2D eigenvalue weighted by atomic mass is 10.3. The van der Waals surface area contributed by atoms with Gasteiger partial charge in [0.15, 0.2) is 0 Å². The van der Waals surface area contributed by atoms with E-state index >= 15 is 0 Å². The fourth-order valence-electron chi connectivity index (χ4n) is 1.42. The molecule has 0 heterocycles. The Balaban J connectivity index is 2.51. The van der Waals surface area contributed by atoms with Crippen LogP contribution in [0.25, 0.3) is 0 Å². The zero-order chi connectivity index (χ0) is 13.4. The maximum Gasteiger partial charge on any atom is 0.323 e. The van der Waals surface area contributed by atoms with Crippen LogP contribution in [0, 0.1) is 0 Å². The normalized spacial score (nSPS) is 9.56. The van der Waals surface area contributed by atoms with Gasteiger partial charge in [-0.3, -0.25) is 9.59 Å². The lowest BCUT2D eigenvalue weighted by Crippen LogP contribution is -2.39. The molecule has 1 amide bonds. The number of carboxylic acid groups (broad SMARTS) is 1. The molecule has 0 aliphatic rings. The standard InChI is InChI=1S/C13H16N2O3/c1-2-8-15(10-13(17)18)12(16)9-14-11-6-4-3-5-7-11/h2-7,14H,1,8-10H2,(H,17,18). The van der Waals surface area contributed by atoms with Gasteiger partial charge in [-0.2, -0.15) is 0 Å². The van der Waals surface area contributed by atoms with E-state index in [-0.39, 0.29) is 25.5 Å². The van der Waals surface area contributed by atoms with Gasteiger partial charge >= 0.3 is 5.97 Å². The minimum atomic E-state index is -1.04. The molecule has 1 aromatic carbocycles. The van der Waals surface area contributed by atoms with Crippen molar-refractivity contribution in [2.75, 3.05) is 25.0 Å². The van der Waals surface area contributed by atoms with Gasteiger partial charge in [0.05, 0.1) is 6.54 Å². The molecule has 0 aliphatic carbocycles. The van der Waals surface area contributed by atoms with Crippen LogP contribution in [-0.2, 0) is 9.59 Å². The van der Waals surface area contributed by atoms with Crippen LogP contribution in [0.5, 0.6) is 0 Å². The first-order valence-electron chi connectivity index (χ1n) is 5.53. The third kappa shape index (κ3) is 4.69. The van der Waals surface area contributed by atoms with E-state index < -0.39 is 5.97 Å². The third-order valence-corrected chi connectivity index (χ3v) is 2.25. The summed E-state index contributed by atoms with van der Waals surface area (Å²) >= 11 is 0. The van der Waals surface area contributed by atoms with Crippen molar-refractivity contribution in [3.8, 4) is 0 Å². The van der Waals surface area contributed by atoms with Gasteiger partial charge in [0, 0.05) is 12.2 Å². The fourth-order valence-corrected chi connectivity index (χ4v) is 1.42. The van der Waals surface area contributed by atoms with E-state index in [1.165, 1.54) is 11.0 Å². The number of rotatable bonds is 7. The summed E-state index contributed by atoms with van der Waals surface area (Å²) in [6, 6.07) is 9.25. The summed E-state index contributed by atoms with van der Waals surface area (Å²) in [7, 11) is 0. The second-order valence-corrected chi connectivity index (χ2v) is 3.68. The predicted octanol–water partition coefficient (Wildman–Crippen LogP) is 1.20. The number of hydrogen-bond donors (Lipinski definition) is 2. The van der Waals surface area contributed by atoms with Crippen LogP contribution < -0.4 is 5.32 Å². The molecule has 0 fully saturated rings. The Morgan fingerprint density at radius 2 is 2.00 bits per heavy atom. The fraction of sp³-hybridized carbons (Fsp3) is 0.231. The van der Waals surface area contributed by atoms with E-state index in [1.54, 1.807) is 0 Å². The maximum absolute atomic E-state index is 11.8. The largest absolute Gasteiger partial charge is 0.480 e. The Bertz CT molecular complexity index is 418. The van der Waals surface area contributed by atoms with E-state index in [1.807, 2.05) is 30.3 Å². The highest BCUT2D eigenvalue weighted by Gasteiger charge is 2.14. The van der Waals surface area contributed by atoms with E-state index in [9.17, 15) is 9.59 Å². The molecular weight excluding hydrogens is 232 g/mol. The van der Waals surface area contributed by atoms with Crippen molar-refractivity contribution in [1.29, 1.82) is 0 Å².